The maximum absolute atomic E-state index is 12.9. The van der Waals surface area contributed by atoms with Gasteiger partial charge in [0, 0.05) is 50.3 Å². The lowest BCUT2D eigenvalue weighted by atomic mass is 10.1. The predicted octanol–water partition coefficient (Wildman–Crippen LogP) is 1.58. The molecule has 0 bridgehead atoms. The Bertz CT molecular complexity index is 742. The van der Waals surface area contributed by atoms with Crippen LogP contribution < -0.4 is 9.80 Å². The van der Waals surface area contributed by atoms with Crippen LogP contribution in [0.3, 0.4) is 0 Å². The summed E-state index contributed by atoms with van der Waals surface area (Å²) in [6, 6.07) is 8.48. The van der Waals surface area contributed by atoms with Gasteiger partial charge in [0.1, 0.15) is 5.82 Å². The molecule has 2 aliphatic rings. The summed E-state index contributed by atoms with van der Waals surface area (Å²) < 4.78 is 0. The monoisotopic (exact) mass is 337 g/mol. The number of nitrogens with zero attached hydrogens (tertiary/aromatic N) is 5. The number of amides is 1. The zero-order valence-electron chi connectivity index (χ0n) is 14.5. The molecular formula is C19H23N5O. The summed E-state index contributed by atoms with van der Waals surface area (Å²) in [5.74, 6) is 1.11. The minimum absolute atomic E-state index is 0.199. The molecule has 1 amide bonds. The molecule has 6 heteroatoms. The lowest BCUT2D eigenvalue weighted by Gasteiger charge is -2.36. The van der Waals surface area contributed by atoms with Crippen molar-refractivity contribution in [2.24, 2.45) is 0 Å². The number of hydrogen-bond donors (Lipinski definition) is 0. The van der Waals surface area contributed by atoms with E-state index in [1.54, 1.807) is 18.6 Å². The molecule has 1 atom stereocenters. The van der Waals surface area contributed by atoms with E-state index in [4.69, 9.17) is 0 Å². The Morgan fingerprint density at radius 1 is 1.16 bits per heavy atom. The Morgan fingerprint density at radius 2 is 1.96 bits per heavy atom. The standard InChI is InChI=1S/C19H23N5O/c1-15-12-16-4-2-3-5-17(16)24(15)19(25)14-22-8-10-23(11-9-22)18-13-20-6-7-21-18/h2-7,13,15H,8-12,14H2,1H3/t15-/m0/s1. The summed E-state index contributed by atoms with van der Waals surface area (Å²) in [4.78, 5) is 27.8. The summed E-state index contributed by atoms with van der Waals surface area (Å²) in [6.07, 6.45) is 6.15. The number of carbonyl (C=O) groups excluding carboxylic acids is 1. The second kappa shape index (κ2) is 6.80. The maximum Gasteiger partial charge on any atom is 0.241 e. The summed E-state index contributed by atoms with van der Waals surface area (Å²) in [7, 11) is 0. The largest absolute Gasteiger partial charge is 0.353 e. The van der Waals surface area contributed by atoms with Crippen LogP contribution in [0.25, 0.3) is 0 Å². The van der Waals surface area contributed by atoms with Crippen LogP contribution in [-0.4, -0.2) is 59.5 Å². The molecule has 1 fully saturated rings. The van der Waals surface area contributed by atoms with Crippen molar-refractivity contribution in [3.05, 3.63) is 48.4 Å². The lowest BCUT2D eigenvalue weighted by Crippen LogP contribution is -2.51. The minimum Gasteiger partial charge on any atom is -0.353 e. The van der Waals surface area contributed by atoms with Crippen molar-refractivity contribution in [2.45, 2.75) is 19.4 Å². The highest BCUT2D eigenvalue weighted by Gasteiger charge is 2.31. The average Bonchev–Trinajstić information content (AvgIpc) is 2.99. The first-order valence-corrected chi connectivity index (χ1v) is 8.85. The predicted molar refractivity (Wildman–Crippen MR) is 97.8 cm³/mol. The normalized spacial score (nSPS) is 20.6. The first-order chi connectivity index (χ1) is 12.2. The van der Waals surface area contributed by atoms with E-state index in [-0.39, 0.29) is 11.9 Å². The molecule has 0 spiro atoms. The van der Waals surface area contributed by atoms with E-state index in [9.17, 15) is 4.79 Å². The van der Waals surface area contributed by atoms with Crippen molar-refractivity contribution in [1.82, 2.24) is 14.9 Å². The van der Waals surface area contributed by atoms with Gasteiger partial charge in [-0.25, -0.2) is 4.98 Å². The SMILES string of the molecule is C[C@H]1Cc2ccccc2N1C(=O)CN1CCN(c2cnccn2)CC1. The summed E-state index contributed by atoms with van der Waals surface area (Å²) >= 11 is 0. The van der Waals surface area contributed by atoms with Gasteiger partial charge in [0.2, 0.25) is 5.91 Å². The van der Waals surface area contributed by atoms with Gasteiger partial charge in [0.15, 0.2) is 0 Å². The highest BCUT2D eigenvalue weighted by atomic mass is 16.2. The quantitative estimate of drug-likeness (QED) is 0.851. The highest BCUT2D eigenvalue weighted by molar-refractivity contribution is 5.97. The van der Waals surface area contributed by atoms with Gasteiger partial charge < -0.3 is 9.80 Å². The summed E-state index contributed by atoms with van der Waals surface area (Å²) in [5, 5.41) is 0. The third-order valence-electron chi connectivity index (χ3n) is 5.08. The molecular weight excluding hydrogens is 314 g/mol. The first-order valence-electron chi connectivity index (χ1n) is 8.85. The Balaban J connectivity index is 1.37. The third-order valence-corrected chi connectivity index (χ3v) is 5.08. The van der Waals surface area contributed by atoms with Gasteiger partial charge in [-0.1, -0.05) is 18.2 Å². The van der Waals surface area contributed by atoms with Gasteiger partial charge in [0.25, 0.3) is 0 Å². The van der Waals surface area contributed by atoms with Crippen molar-refractivity contribution in [2.75, 3.05) is 42.5 Å². The number of aromatic nitrogens is 2. The van der Waals surface area contributed by atoms with Crippen molar-refractivity contribution in [1.29, 1.82) is 0 Å². The molecule has 0 unspecified atom stereocenters. The van der Waals surface area contributed by atoms with Gasteiger partial charge in [-0.15, -0.1) is 0 Å². The molecule has 1 aromatic carbocycles. The number of benzene rings is 1. The van der Waals surface area contributed by atoms with Crippen LogP contribution in [0.1, 0.15) is 12.5 Å². The van der Waals surface area contributed by atoms with Crippen LogP contribution in [0.2, 0.25) is 0 Å². The van der Waals surface area contributed by atoms with E-state index in [1.165, 1.54) is 5.56 Å². The molecule has 0 aliphatic carbocycles. The Labute approximate surface area is 148 Å². The minimum atomic E-state index is 0.199. The second-order valence-corrected chi connectivity index (χ2v) is 6.77. The molecule has 130 valence electrons. The van der Waals surface area contributed by atoms with Gasteiger partial charge >= 0.3 is 0 Å². The average molecular weight is 337 g/mol. The van der Waals surface area contributed by atoms with Crippen LogP contribution >= 0.6 is 0 Å². The Hall–Kier alpha value is -2.47. The fourth-order valence-electron chi connectivity index (χ4n) is 3.80. The van der Waals surface area contributed by atoms with Crippen molar-refractivity contribution < 1.29 is 4.79 Å². The fourth-order valence-corrected chi connectivity index (χ4v) is 3.80. The zero-order chi connectivity index (χ0) is 17.2. The molecule has 0 saturated carbocycles. The second-order valence-electron chi connectivity index (χ2n) is 6.77. The van der Waals surface area contributed by atoms with Crippen LogP contribution in [0.4, 0.5) is 11.5 Å². The van der Waals surface area contributed by atoms with E-state index in [0.29, 0.717) is 6.54 Å². The van der Waals surface area contributed by atoms with Crippen molar-refractivity contribution in [3.63, 3.8) is 0 Å². The first kappa shape index (κ1) is 16.0. The number of piperazine rings is 1. The summed E-state index contributed by atoms with van der Waals surface area (Å²) in [5.41, 5.74) is 2.36. The molecule has 6 nitrogen and oxygen atoms in total. The molecule has 0 N–H and O–H groups in total. The molecule has 3 heterocycles. The maximum atomic E-state index is 12.9. The molecule has 0 radical (unpaired) electrons. The van der Waals surface area contributed by atoms with Crippen molar-refractivity contribution in [3.8, 4) is 0 Å². The number of para-hydroxylation sites is 1. The van der Waals surface area contributed by atoms with E-state index in [1.807, 2.05) is 17.0 Å². The number of anilines is 2. The Kier molecular flexibility index (Phi) is 4.36. The van der Waals surface area contributed by atoms with Gasteiger partial charge in [-0.3, -0.25) is 14.7 Å². The van der Waals surface area contributed by atoms with Gasteiger partial charge in [-0.05, 0) is 25.0 Å². The lowest BCUT2D eigenvalue weighted by molar-refractivity contribution is -0.120. The Morgan fingerprint density at radius 3 is 2.72 bits per heavy atom. The van der Waals surface area contributed by atoms with E-state index in [2.05, 4.69) is 38.8 Å². The van der Waals surface area contributed by atoms with Crippen LogP contribution in [-0.2, 0) is 11.2 Å². The van der Waals surface area contributed by atoms with Crippen LogP contribution in [0, 0.1) is 0 Å². The van der Waals surface area contributed by atoms with Crippen molar-refractivity contribution >= 4 is 17.4 Å². The van der Waals surface area contributed by atoms with Gasteiger partial charge in [0.05, 0.1) is 12.7 Å². The number of carbonyl (C=O) groups is 1. The molecule has 2 aromatic rings. The number of fused-ring (bicyclic) bond motifs is 1. The molecule has 1 aromatic heterocycles. The van der Waals surface area contributed by atoms with Crippen LogP contribution in [0.15, 0.2) is 42.9 Å². The molecule has 4 rings (SSSR count). The molecule has 2 aliphatic heterocycles. The number of rotatable bonds is 3. The van der Waals surface area contributed by atoms with Gasteiger partial charge in [-0.2, -0.15) is 0 Å². The third kappa shape index (κ3) is 3.22. The highest BCUT2D eigenvalue weighted by Crippen LogP contribution is 2.31. The zero-order valence-corrected chi connectivity index (χ0v) is 14.5. The topological polar surface area (TPSA) is 52.6 Å². The summed E-state index contributed by atoms with van der Waals surface area (Å²) in [6.45, 7) is 6.09. The van der Waals surface area contributed by atoms with E-state index >= 15 is 0 Å². The van der Waals surface area contributed by atoms with E-state index in [0.717, 1.165) is 44.1 Å². The molecule has 1 saturated heterocycles. The van der Waals surface area contributed by atoms with Crippen LogP contribution in [0.5, 0.6) is 0 Å². The smallest absolute Gasteiger partial charge is 0.241 e. The fraction of sp³-hybridized carbons (Fsp3) is 0.421. The van der Waals surface area contributed by atoms with E-state index < -0.39 is 0 Å². The number of hydrogen-bond acceptors (Lipinski definition) is 5. The molecule has 25 heavy (non-hydrogen) atoms.